The first-order chi connectivity index (χ1) is 9.71. The van der Waals surface area contributed by atoms with Gasteiger partial charge < -0.3 is 15.7 Å². The van der Waals surface area contributed by atoms with E-state index in [0.29, 0.717) is 5.56 Å². The van der Waals surface area contributed by atoms with Crippen molar-refractivity contribution < 1.29 is 19.5 Å². The average Bonchev–Trinajstić information content (AvgIpc) is 2.41. The predicted molar refractivity (Wildman–Crippen MR) is 77.8 cm³/mol. The molecule has 0 aliphatic heterocycles. The van der Waals surface area contributed by atoms with Crippen LogP contribution in [-0.2, 0) is 9.59 Å². The number of hydrogen-bond acceptors (Lipinski definition) is 3. The Morgan fingerprint density at radius 1 is 1.14 bits per heavy atom. The molecular weight excluding hydrogens is 272 g/mol. The minimum Gasteiger partial charge on any atom is -0.480 e. The van der Waals surface area contributed by atoms with Crippen LogP contribution < -0.4 is 10.6 Å². The summed E-state index contributed by atoms with van der Waals surface area (Å²) < 4.78 is 0. The van der Waals surface area contributed by atoms with E-state index in [2.05, 4.69) is 10.6 Å². The van der Waals surface area contributed by atoms with E-state index in [-0.39, 0.29) is 12.5 Å². The molecule has 6 heteroatoms. The lowest BCUT2D eigenvalue weighted by molar-refractivity contribution is -0.144. The fourth-order valence-electron chi connectivity index (χ4n) is 1.71. The van der Waals surface area contributed by atoms with Crippen molar-refractivity contribution in [1.29, 1.82) is 0 Å². The number of aliphatic carboxylic acids is 1. The summed E-state index contributed by atoms with van der Waals surface area (Å²) in [5.41, 5.74) is -0.179. The molecule has 0 heterocycles. The molecule has 1 aromatic rings. The van der Waals surface area contributed by atoms with Gasteiger partial charge in [-0.2, -0.15) is 0 Å². The highest BCUT2D eigenvalue weighted by molar-refractivity contribution is 5.96. The third-order valence-electron chi connectivity index (χ3n) is 2.86. The van der Waals surface area contributed by atoms with E-state index in [4.69, 9.17) is 5.11 Å². The molecule has 0 aliphatic carbocycles. The van der Waals surface area contributed by atoms with Crippen LogP contribution >= 0.6 is 0 Å². The summed E-state index contributed by atoms with van der Waals surface area (Å²) in [6, 6.07) is 7.46. The molecule has 114 valence electrons. The van der Waals surface area contributed by atoms with Crippen molar-refractivity contribution in [1.82, 2.24) is 10.6 Å². The van der Waals surface area contributed by atoms with Crippen LogP contribution in [0.3, 0.4) is 0 Å². The van der Waals surface area contributed by atoms with Gasteiger partial charge >= 0.3 is 5.97 Å². The van der Waals surface area contributed by atoms with Crippen LogP contribution in [0, 0.1) is 5.41 Å². The number of rotatable bonds is 5. The summed E-state index contributed by atoms with van der Waals surface area (Å²) in [4.78, 5) is 34.6. The van der Waals surface area contributed by atoms with Crippen molar-refractivity contribution in [3.63, 3.8) is 0 Å². The minimum atomic E-state index is -1.11. The maximum atomic E-state index is 11.8. The van der Waals surface area contributed by atoms with Crippen LogP contribution in [0.15, 0.2) is 30.3 Å². The highest BCUT2D eigenvalue weighted by Crippen LogP contribution is 2.19. The van der Waals surface area contributed by atoms with Crippen LogP contribution in [0.1, 0.15) is 31.1 Å². The number of carbonyl (C=O) groups is 3. The lowest BCUT2D eigenvalue weighted by Gasteiger charge is -2.27. The third-order valence-corrected chi connectivity index (χ3v) is 2.86. The van der Waals surface area contributed by atoms with Gasteiger partial charge in [0.2, 0.25) is 5.91 Å². The molecule has 2 amide bonds. The quantitative estimate of drug-likeness (QED) is 0.755. The van der Waals surface area contributed by atoms with Gasteiger partial charge in [0.05, 0.1) is 6.54 Å². The van der Waals surface area contributed by atoms with Crippen molar-refractivity contribution in [2.45, 2.75) is 26.8 Å². The first-order valence-electron chi connectivity index (χ1n) is 6.57. The molecule has 0 spiro atoms. The molecule has 6 nitrogen and oxygen atoms in total. The maximum absolute atomic E-state index is 11.8. The minimum absolute atomic E-state index is 0.270. The number of hydrogen-bond donors (Lipinski definition) is 3. The second-order valence-electron chi connectivity index (χ2n) is 5.75. The van der Waals surface area contributed by atoms with Gasteiger partial charge in [-0.05, 0) is 17.5 Å². The number of nitrogens with one attached hydrogen (secondary N) is 2. The van der Waals surface area contributed by atoms with Crippen molar-refractivity contribution in [2.24, 2.45) is 5.41 Å². The Morgan fingerprint density at radius 3 is 2.19 bits per heavy atom. The molecule has 3 N–H and O–H groups in total. The molecule has 0 aromatic heterocycles. The predicted octanol–water partition coefficient (Wildman–Crippen LogP) is 1.03. The molecule has 0 saturated carbocycles. The Morgan fingerprint density at radius 2 is 1.71 bits per heavy atom. The SMILES string of the molecule is CC(C)(C)[C@@H](NC(=O)CNC(=O)c1ccccc1)C(=O)O. The van der Waals surface area contributed by atoms with Gasteiger partial charge in [-0.15, -0.1) is 0 Å². The lowest BCUT2D eigenvalue weighted by Crippen LogP contribution is -2.51. The van der Waals surface area contributed by atoms with Crippen LogP contribution in [-0.4, -0.2) is 35.5 Å². The molecule has 0 radical (unpaired) electrons. The summed E-state index contributed by atoms with van der Waals surface area (Å²) in [5, 5.41) is 14.0. The van der Waals surface area contributed by atoms with E-state index in [9.17, 15) is 14.4 Å². The van der Waals surface area contributed by atoms with E-state index in [1.165, 1.54) is 0 Å². The van der Waals surface area contributed by atoms with Crippen molar-refractivity contribution in [3.8, 4) is 0 Å². The smallest absolute Gasteiger partial charge is 0.326 e. The largest absolute Gasteiger partial charge is 0.480 e. The Labute approximate surface area is 123 Å². The van der Waals surface area contributed by atoms with Gasteiger partial charge in [-0.1, -0.05) is 39.0 Å². The average molecular weight is 292 g/mol. The topological polar surface area (TPSA) is 95.5 Å². The molecule has 0 aliphatic rings. The molecule has 1 atom stereocenters. The Kier molecular flexibility index (Phi) is 5.46. The van der Waals surface area contributed by atoms with Crippen molar-refractivity contribution in [3.05, 3.63) is 35.9 Å². The fraction of sp³-hybridized carbons (Fsp3) is 0.400. The number of benzene rings is 1. The number of carbonyl (C=O) groups excluding carboxylic acids is 2. The normalized spacial score (nSPS) is 12.3. The molecule has 21 heavy (non-hydrogen) atoms. The van der Waals surface area contributed by atoms with Gasteiger partial charge in [-0.3, -0.25) is 9.59 Å². The Hall–Kier alpha value is -2.37. The zero-order valence-corrected chi connectivity index (χ0v) is 12.3. The number of carboxylic acids is 1. The number of amides is 2. The van der Waals surface area contributed by atoms with Gasteiger partial charge in [0.1, 0.15) is 6.04 Å². The summed E-state index contributed by atoms with van der Waals surface area (Å²) in [6.07, 6.45) is 0. The maximum Gasteiger partial charge on any atom is 0.326 e. The van der Waals surface area contributed by atoms with Gasteiger partial charge in [0.15, 0.2) is 0 Å². The fourth-order valence-corrected chi connectivity index (χ4v) is 1.71. The molecule has 0 bridgehead atoms. The zero-order valence-electron chi connectivity index (χ0n) is 12.3. The summed E-state index contributed by atoms with van der Waals surface area (Å²) in [6.45, 7) is 4.88. The van der Waals surface area contributed by atoms with Crippen molar-refractivity contribution >= 4 is 17.8 Å². The van der Waals surface area contributed by atoms with Gasteiger partial charge in [0, 0.05) is 5.56 Å². The van der Waals surface area contributed by atoms with Crippen LogP contribution in [0.25, 0.3) is 0 Å². The monoisotopic (exact) mass is 292 g/mol. The molecule has 0 unspecified atom stereocenters. The van der Waals surface area contributed by atoms with Gasteiger partial charge in [0.25, 0.3) is 5.91 Å². The van der Waals surface area contributed by atoms with E-state index in [0.717, 1.165) is 0 Å². The first kappa shape index (κ1) is 16.7. The Bertz CT molecular complexity index is 520. The Balaban J connectivity index is 2.54. The summed E-state index contributed by atoms with van der Waals surface area (Å²) in [5.74, 6) is -2.03. The van der Waals surface area contributed by atoms with Crippen LogP contribution in [0.2, 0.25) is 0 Å². The van der Waals surface area contributed by atoms with E-state index in [1.54, 1.807) is 51.1 Å². The second kappa shape index (κ2) is 6.88. The third kappa shape index (κ3) is 5.25. The first-order valence-corrected chi connectivity index (χ1v) is 6.57. The second-order valence-corrected chi connectivity index (χ2v) is 5.75. The standard InChI is InChI=1S/C15H20N2O4/c1-15(2,3)12(14(20)21)17-11(18)9-16-13(19)10-7-5-4-6-8-10/h4-8,12H,9H2,1-3H3,(H,16,19)(H,17,18)(H,20,21)/t12-/m0/s1. The molecule has 0 saturated heterocycles. The number of carboxylic acid groups (broad SMARTS) is 1. The summed E-state index contributed by atoms with van der Waals surface area (Å²) in [7, 11) is 0. The van der Waals surface area contributed by atoms with Crippen LogP contribution in [0.5, 0.6) is 0 Å². The molecule has 1 aromatic carbocycles. The molecule has 1 rings (SSSR count). The van der Waals surface area contributed by atoms with Crippen molar-refractivity contribution in [2.75, 3.05) is 6.54 Å². The highest BCUT2D eigenvalue weighted by atomic mass is 16.4. The van der Waals surface area contributed by atoms with E-state index < -0.39 is 23.3 Å². The van der Waals surface area contributed by atoms with E-state index >= 15 is 0 Å². The summed E-state index contributed by atoms with van der Waals surface area (Å²) >= 11 is 0. The van der Waals surface area contributed by atoms with E-state index in [1.807, 2.05) is 0 Å². The molecular formula is C15H20N2O4. The lowest BCUT2D eigenvalue weighted by atomic mass is 9.87. The van der Waals surface area contributed by atoms with Crippen LogP contribution in [0.4, 0.5) is 0 Å². The highest BCUT2D eigenvalue weighted by Gasteiger charge is 2.32. The molecule has 0 fully saturated rings. The zero-order chi connectivity index (χ0) is 16.0. The van der Waals surface area contributed by atoms with Gasteiger partial charge in [-0.25, -0.2) is 4.79 Å².